The van der Waals surface area contributed by atoms with E-state index in [4.69, 9.17) is 23.7 Å². The summed E-state index contributed by atoms with van der Waals surface area (Å²) in [5.74, 6) is 0. The normalized spacial score (nSPS) is 24.2. The summed E-state index contributed by atoms with van der Waals surface area (Å²) in [5.41, 5.74) is 0.0686. The average molecular weight is 415 g/mol. The van der Waals surface area contributed by atoms with Crippen LogP contribution in [-0.4, -0.2) is 64.1 Å². The van der Waals surface area contributed by atoms with E-state index in [9.17, 15) is 0 Å². The van der Waals surface area contributed by atoms with E-state index in [1.54, 1.807) is 0 Å². The SMILES string of the molecule is CCCCOC(C)C(OC(C(C)OCCCC)C1(CC)COC1)C1(CC)COC1. The molecule has 2 heterocycles. The fourth-order valence-electron chi connectivity index (χ4n) is 4.53. The van der Waals surface area contributed by atoms with Gasteiger partial charge in [0.05, 0.1) is 50.8 Å². The Labute approximate surface area is 179 Å². The number of hydrogen-bond acceptors (Lipinski definition) is 5. The standard InChI is InChI=1S/C24H46O5/c1-7-11-13-27-19(5)21(23(9-3)15-25-16-23)29-22(20(6)28-14-12-8-2)24(10-4)17-26-18-24/h19-22H,7-18H2,1-6H3. The second-order valence-corrected chi connectivity index (χ2v) is 9.25. The summed E-state index contributed by atoms with van der Waals surface area (Å²) in [6.45, 7) is 17.8. The van der Waals surface area contributed by atoms with E-state index in [0.29, 0.717) is 0 Å². The molecule has 0 amide bonds. The lowest BCUT2D eigenvalue weighted by atomic mass is 9.73. The Morgan fingerprint density at radius 2 is 1.07 bits per heavy atom. The largest absolute Gasteiger partial charge is 0.380 e. The minimum atomic E-state index is 0.00403. The molecule has 0 radical (unpaired) electrons. The fraction of sp³-hybridized carbons (Fsp3) is 1.00. The third-order valence-corrected chi connectivity index (χ3v) is 7.08. The predicted molar refractivity (Wildman–Crippen MR) is 116 cm³/mol. The van der Waals surface area contributed by atoms with Crippen molar-refractivity contribution in [1.29, 1.82) is 0 Å². The first-order valence-electron chi connectivity index (χ1n) is 12.0. The molecule has 172 valence electrons. The maximum atomic E-state index is 7.02. The maximum Gasteiger partial charge on any atom is 0.0939 e. The lowest BCUT2D eigenvalue weighted by Crippen LogP contribution is -2.63. The first-order valence-corrected chi connectivity index (χ1v) is 12.0. The summed E-state index contributed by atoms with van der Waals surface area (Å²) in [5, 5.41) is 0. The number of ether oxygens (including phenoxy) is 5. The van der Waals surface area contributed by atoms with Crippen LogP contribution < -0.4 is 0 Å². The smallest absolute Gasteiger partial charge is 0.0939 e. The maximum absolute atomic E-state index is 7.02. The predicted octanol–water partition coefficient (Wildman–Crippen LogP) is 5.00. The number of hydrogen-bond donors (Lipinski definition) is 0. The molecule has 2 aliphatic heterocycles. The van der Waals surface area contributed by atoms with Gasteiger partial charge in [0.15, 0.2) is 0 Å². The summed E-state index contributed by atoms with van der Waals surface area (Å²) in [7, 11) is 0. The van der Waals surface area contributed by atoms with E-state index in [1.165, 1.54) is 0 Å². The van der Waals surface area contributed by atoms with Crippen LogP contribution in [-0.2, 0) is 23.7 Å². The van der Waals surface area contributed by atoms with Crippen LogP contribution in [0.25, 0.3) is 0 Å². The van der Waals surface area contributed by atoms with Crippen molar-refractivity contribution >= 4 is 0 Å². The van der Waals surface area contributed by atoms with Crippen LogP contribution in [0, 0.1) is 10.8 Å². The highest BCUT2D eigenvalue weighted by Gasteiger charge is 2.54. The summed E-state index contributed by atoms with van der Waals surface area (Å²) >= 11 is 0. The van der Waals surface area contributed by atoms with Crippen molar-refractivity contribution < 1.29 is 23.7 Å². The van der Waals surface area contributed by atoms with Crippen molar-refractivity contribution in [2.45, 2.75) is 104 Å². The second-order valence-electron chi connectivity index (χ2n) is 9.25. The van der Waals surface area contributed by atoms with Gasteiger partial charge < -0.3 is 23.7 Å². The highest BCUT2D eigenvalue weighted by atomic mass is 16.6. The molecular formula is C24H46O5. The molecule has 29 heavy (non-hydrogen) atoms. The first kappa shape index (κ1) is 25.1. The van der Waals surface area contributed by atoms with Crippen LogP contribution in [0.4, 0.5) is 0 Å². The van der Waals surface area contributed by atoms with Crippen LogP contribution in [0.15, 0.2) is 0 Å². The molecule has 0 spiro atoms. The van der Waals surface area contributed by atoms with E-state index >= 15 is 0 Å². The molecule has 5 heteroatoms. The third-order valence-electron chi connectivity index (χ3n) is 7.08. The van der Waals surface area contributed by atoms with Crippen LogP contribution in [0.2, 0.25) is 0 Å². The number of rotatable bonds is 16. The molecule has 2 aliphatic rings. The molecule has 2 saturated heterocycles. The molecule has 4 unspecified atom stereocenters. The molecule has 0 N–H and O–H groups in total. The lowest BCUT2D eigenvalue weighted by Gasteiger charge is -2.54. The van der Waals surface area contributed by atoms with Gasteiger partial charge in [-0.25, -0.2) is 0 Å². The molecule has 0 aromatic carbocycles. The Balaban J connectivity index is 2.18. The van der Waals surface area contributed by atoms with Crippen molar-refractivity contribution in [1.82, 2.24) is 0 Å². The van der Waals surface area contributed by atoms with Gasteiger partial charge in [0.1, 0.15) is 0 Å². The summed E-state index contributed by atoms with van der Waals surface area (Å²) in [6.07, 6.45) is 6.59. The van der Waals surface area contributed by atoms with Gasteiger partial charge in [0.25, 0.3) is 0 Å². The minimum Gasteiger partial charge on any atom is -0.380 e. The summed E-state index contributed by atoms with van der Waals surface area (Å²) < 4.78 is 30.9. The Morgan fingerprint density at radius 3 is 1.31 bits per heavy atom. The van der Waals surface area contributed by atoms with Gasteiger partial charge in [0, 0.05) is 24.0 Å². The zero-order valence-corrected chi connectivity index (χ0v) is 19.8. The molecule has 2 rings (SSSR count). The number of unbranched alkanes of at least 4 members (excludes halogenated alkanes) is 2. The third kappa shape index (κ3) is 5.94. The zero-order chi connectivity index (χ0) is 21.3. The molecule has 0 aromatic rings. The monoisotopic (exact) mass is 414 g/mol. The van der Waals surface area contributed by atoms with Crippen LogP contribution in [0.5, 0.6) is 0 Å². The van der Waals surface area contributed by atoms with E-state index in [1.807, 2.05) is 0 Å². The van der Waals surface area contributed by atoms with Crippen LogP contribution in [0.3, 0.4) is 0 Å². The molecular weight excluding hydrogens is 368 g/mol. The molecule has 0 bridgehead atoms. The first-order chi connectivity index (χ1) is 14.0. The zero-order valence-electron chi connectivity index (χ0n) is 19.8. The van der Waals surface area contributed by atoms with Gasteiger partial charge in [-0.2, -0.15) is 0 Å². The van der Waals surface area contributed by atoms with Gasteiger partial charge in [-0.15, -0.1) is 0 Å². The van der Waals surface area contributed by atoms with Gasteiger partial charge in [-0.05, 0) is 39.5 Å². The molecule has 0 aliphatic carbocycles. The average Bonchev–Trinajstić information content (AvgIpc) is 2.65. The summed E-state index contributed by atoms with van der Waals surface area (Å²) in [4.78, 5) is 0. The Bertz CT molecular complexity index is 396. The Morgan fingerprint density at radius 1 is 0.690 bits per heavy atom. The van der Waals surface area contributed by atoms with E-state index in [2.05, 4.69) is 41.5 Å². The molecule has 2 fully saturated rings. The lowest BCUT2D eigenvalue weighted by molar-refractivity contribution is -0.286. The minimum absolute atomic E-state index is 0.00403. The van der Waals surface area contributed by atoms with Crippen molar-refractivity contribution in [2.75, 3.05) is 39.6 Å². The van der Waals surface area contributed by atoms with E-state index in [-0.39, 0.29) is 35.2 Å². The van der Waals surface area contributed by atoms with Crippen LogP contribution >= 0.6 is 0 Å². The molecule has 0 saturated carbocycles. The molecule has 0 aromatic heterocycles. The molecule has 5 nitrogen and oxygen atoms in total. The molecule has 4 atom stereocenters. The van der Waals surface area contributed by atoms with Gasteiger partial charge in [-0.1, -0.05) is 40.5 Å². The van der Waals surface area contributed by atoms with E-state index < -0.39 is 0 Å². The van der Waals surface area contributed by atoms with Gasteiger partial charge in [0.2, 0.25) is 0 Å². The Kier molecular flexibility index (Phi) is 10.4. The highest BCUT2D eigenvalue weighted by Crippen LogP contribution is 2.45. The van der Waals surface area contributed by atoms with Crippen molar-refractivity contribution in [3.05, 3.63) is 0 Å². The van der Waals surface area contributed by atoms with E-state index in [0.717, 1.165) is 78.2 Å². The highest BCUT2D eigenvalue weighted by molar-refractivity contribution is 5.00. The fourth-order valence-corrected chi connectivity index (χ4v) is 4.53. The van der Waals surface area contributed by atoms with Crippen molar-refractivity contribution in [3.63, 3.8) is 0 Å². The van der Waals surface area contributed by atoms with Gasteiger partial charge in [-0.3, -0.25) is 0 Å². The van der Waals surface area contributed by atoms with Gasteiger partial charge >= 0.3 is 0 Å². The Hall–Kier alpha value is -0.200. The second kappa shape index (κ2) is 12.0. The van der Waals surface area contributed by atoms with Crippen molar-refractivity contribution in [2.24, 2.45) is 10.8 Å². The summed E-state index contributed by atoms with van der Waals surface area (Å²) in [6, 6.07) is 0. The topological polar surface area (TPSA) is 46.2 Å². The van der Waals surface area contributed by atoms with Crippen LogP contribution in [0.1, 0.15) is 80.1 Å². The van der Waals surface area contributed by atoms with Crippen molar-refractivity contribution in [3.8, 4) is 0 Å². The quantitative estimate of drug-likeness (QED) is 0.332.